The Morgan fingerprint density at radius 2 is 1.62 bits per heavy atom. The third-order valence-corrected chi connectivity index (χ3v) is 4.59. The van der Waals surface area contributed by atoms with Gasteiger partial charge >= 0.3 is 0 Å². The standard InChI is InChI=1S/C18H12Br2O/c19-15-7-8-17(20)16(11-15)18(21)10-12-5-6-13-3-1-2-4-14(13)9-12/h1-9,11H,10H2. The Labute approximate surface area is 140 Å². The maximum Gasteiger partial charge on any atom is 0.168 e. The van der Waals surface area contributed by atoms with Gasteiger partial charge in [0, 0.05) is 20.9 Å². The Bertz CT molecular complexity index is 824. The largest absolute Gasteiger partial charge is 0.294 e. The van der Waals surface area contributed by atoms with Crippen molar-refractivity contribution in [1.29, 1.82) is 0 Å². The van der Waals surface area contributed by atoms with E-state index >= 15 is 0 Å². The zero-order valence-electron chi connectivity index (χ0n) is 11.1. The third-order valence-electron chi connectivity index (χ3n) is 3.41. The maximum atomic E-state index is 12.5. The molecule has 0 N–H and O–H groups in total. The van der Waals surface area contributed by atoms with Crippen LogP contribution in [0.3, 0.4) is 0 Å². The fourth-order valence-electron chi connectivity index (χ4n) is 2.34. The van der Waals surface area contributed by atoms with Crippen LogP contribution in [0.5, 0.6) is 0 Å². The molecule has 0 bridgehead atoms. The number of hydrogen-bond donors (Lipinski definition) is 0. The zero-order valence-corrected chi connectivity index (χ0v) is 14.3. The van der Waals surface area contributed by atoms with E-state index in [2.05, 4.69) is 56.1 Å². The summed E-state index contributed by atoms with van der Waals surface area (Å²) < 4.78 is 1.74. The van der Waals surface area contributed by atoms with Crippen molar-refractivity contribution in [2.24, 2.45) is 0 Å². The quantitative estimate of drug-likeness (QED) is 0.505. The number of Topliss-reactive ketones (excluding diaryl/α,β-unsaturated/α-hetero) is 1. The Kier molecular flexibility index (Phi) is 4.22. The summed E-state index contributed by atoms with van der Waals surface area (Å²) in [7, 11) is 0. The van der Waals surface area contributed by atoms with Crippen molar-refractivity contribution in [2.75, 3.05) is 0 Å². The van der Waals surface area contributed by atoms with Crippen LogP contribution in [0.4, 0.5) is 0 Å². The van der Waals surface area contributed by atoms with Crippen LogP contribution in [0.15, 0.2) is 69.6 Å². The van der Waals surface area contributed by atoms with Crippen LogP contribution in [0.1, 0.15) is 15.9 Å². The van der Waals surface area contributed by atoms with Crippen LogP contribution in [-0.4, -0.2) is 5.78 Å². The lowest BCUT2D eigenvalue weighted by Gasteiger charge is -2.06. The maximum absolute atomic E-state index is 12.5. The normalized spacial score (nSPS) is 10.8. The van der Waals surface area contributed by atoms with Crippen LogP contribution in [0.25, 0.3) is 10.8 Å². The molecule has 0 aliphatic heterocycles. The summed E-state index contributed by atoms with van der Waals surface area (Å²) in [6.45, 7) is 0. The molecule has 3 aromatic carbocycles. The highest BCUT2D eigenvalue weighted by molar-refractivity contribution is 9.11. The Balaban J connectivity index is 1.90. The zero-order chi connectivity index (χ0) is 14.8. The SMILES string of the molecule is O=C(Cc1ccc2ccccc2c1)c1cc(Br)ccc1Br. The summed E-state index contributed by atoms with van der Waals surface area (Å²) in [6, 6.07) is 20.0. The van der Waals surface area contributed by atoms with Crippen molar-refractivity contribution in [3.63, 3.8) is 0 Å². The lowest BCUT2D eigenvalue weighted by molar-refractivity contribution is 0.0992. The van der Waals surface area contributed by atoms with Gasteiger partial charge in [-0.2, -0.15) is 0 Å². The van der Waals surface area contributed by atoms with Gasteiger partial charge in [-0.05, 0) is 34.5 Å². The number of ketones is 1. The molecule has 3 rings (SSSR count). The van der Waals surface area contributed by atoms with Gasteiger partial charge in [0.05, 0.1) is 0 Å². The molecular formula is C18H12Br2O. The van der Waals surface area contributed by atoms with E-state index in [9.17, 15) is 4.79 Å². The van der Waals surface area contributed by atoms with Gasteiger partial charge in [0.1, 0.15) is 0 Å². The van der Waals surface area contributed by atoms with Crippen LogP contribution >= 0.6 is 31.9 Å². The van der Waals surface area contributed by atoms with E-state index in [4.69, 9.17) is 0 Å². The van der Waals surface area contributed by atoms with Gasteiger partial charge in [0.15, 0.2) is 5.78 Å². The van der Waals surface area contributed by atoms with Crippen molar-refractivity contribution in [3.05, 3.63) is 80.7 Å². The van der Waals surface area contributed by atoms with Gasteiger partial charge in [0.2, 0.25) is 0 Å². The second-order valence-corrected chi connectivity index (χ2v) is 6.68. The summed E-state index contributed by atoms with van der Waals surface area (Å²) in [5, 5.41) is 2.36. The van der Waals surface area contributed by atoms with E-state index in [-0.39, 0.29) is 5.78 Å². The monoisotopic (exact) mass is 402 g/mol. The van der Waals surface area contributed by atoms with Crippen molar-refractivity contribution in [3.8, 4) is 0 Å². The lowest BCUT2D eigenvalue weighted by Crippen LogP contribution is -2.04. The predicted molar refractivity (Wildman–Crippen MR) is 93.8 cm³/mol. The highest BCUT2D eigenvalue weighted by Crippen LogP contribution is 2.24. The third kappa shape index (κ3) is 3.25. The van der Waals surface area contributed by atoms with Gasteiger partial charge in [-0.1, -0.05) is 74.3 Å². The minimum absolute atomic E-state index is 0.110. The van der Waals surface area contributed by atoms with Crippen LogP contribution in [0.2, 0.25) is 0 Å². The predicted octanol–water partition coefficient (Wildman–Crippen LogP) is 5.79. The van der Waals surface area contributed by atoms with Crippen molar-refractivity contribution in [2.45, 2.75) is 6.42 Å². The molecule has 1 nitrogen and oxygen atoms in total. The summed E-state index contributed by atoms with van der Waals surface area (Å²) in [6.07, 6.45) is 0.403. The van der Waals surface area contributed by atoms with E-state index in [0.717, 1.165) is 19.9 Å². The molecule has 0 aliphatic carbocycles. The smallest absolute Gasteiger partial charge is 0.168 e. The molecule has 0 heterocycles. The van der Waals surface area contributed by atoms with Crippen molar-refractivity contribution >= 4 is 48.4 Å². The summed E-state index contributed by atoms with van der Waals surface area (Å²) in [5.74, 6) is 0.110. The Morgan fingerprint density at radius 3 is 2.43 bits per heavy atom. The van der Waals surface area contributed by atoms with Crippen LogP contribution in [0, 0.1) is 0 Å². The summed E-state index contributed by atoms with van der Waals surface area (Å²) in [4.78, 5) is 12.5. The van der Waals surface area contributed by atoms with Gasteiger partial charge < -0.3 is 0 Å². The van der Waals surface area contributed by atoms with Crippen molar-refractivity contribution < 1.29 is 4.79 Å². The van der Waals surface area contributed by atoms with Crippen molar-refractivity contribution in [1.82, 2.24) is 0 Å². The molecule has 0 radical (unpaired) electrons. The highest BCUT2D eigenvalue weighted by Gasteiger charge is 2.11. The minimum atomic E-state index is 0.110. The fraction of sp³-hybridized carbons (Fsp3) is 0.0556. The van der Waals surface area contributed by atoms with E-state index in [1.165, 1.54) is 5.39 Å². The number of hydrogen-bond acceptors (Lipinski definition) is 1. The molecule has 0 fully saturated rings. The molecule has 0 atom stereocenters. The number of benzene rings is 3. The molecule has 0 amide bonds. The first-order chi connectivity index (χ1) is 10.1. The lowest BCUT2D eigenvalue weighted by atomic mass is 10.0. The average molecular weight is 404 g/mol. The van der Waals surface area contributed by atoms with E-state index in [1.807, 2.05) is 36.4 Å². The molecule has 0 aliphatic rings. The number of carbonyl (C=O) groups excluding carboxylic acids is 1. The second kappa shape index (κ2) is 6.12. The van der Waals surface area contributed by atoms with Gasteiger partial charge in [-0.3, -0.25) is 4.79 Å². The van der Waals surface area contributed by atoms with E-state index in [0.29, 0.717) is 12.0 Å². The molecule has 0 saturated heterocycles. The number of rotatable bonds is 3. The number of halogens is 2. The number of carbonyl (C=O) groups is 1. The molecule has 0 unspecified atom stereocenters. The Hall–Kier alpha value is -1.45. The van der Waals surface area contributed by atoms with Gasteiger partial charge in [0.25, 0.3) is 0 Å². The molecule has 3 aromatic rings. The molecular weight excluding hydrogens is 392 g/mol. The van der Waals surface area contributed by atoms with Gasteiger partial charge in [-0.15, -0.1) is 0 Å². The fourth-order valence-corrected chi connectivity index (χ4v) is 3.17. The molecule has 0 aromatic heterocycles. The Morgan fingerprint density at radius 1 is 0.857 bits per heavy atom. The topological polar surface area (TPSA) is 17.1 Å². The van der Waals surface area contributed by atoms with E-state index < -0.39 is 0 Å². The highest BCUT2D eigenvalue weighted by atomic mass is 79.9. The molecule has 0 saturated carbocycles. The van der Waals surface area contributed by atoms with Crippen LogP contribution in [-0.2, 0) is 6.42 Å². The average Bonchev–Trinajstić information content (AvgIpc) is 2.49. The molecule has 104 valence electrons. The first-order valence-electron chi connectivity index (χ1n) is 6.59. The second-order valence-electron chi connectivity index (χ2n) is 4.91. The molecule has 3 heteroatoms. The summed E-state index contributed by atoms with van der Waals surface area (Å²) in [5.41, 5.74) is 1.74. The first-order valence-corrected chi connectivity index (χ1v) is 8.18. The minimum Gasteiger partial charge on any atom is -0.294 e. The number of fused-ring (bicyclic) bond motifs is 1. The van der Waals surface area contributed by atoms with Crippen LogP contribution < -0.4 is 0 Å². The van der Waals surface area contributed by atoms with Gasteiger partial charge in [-0.25, -0.2) is 0 Å². The first kappa shape index (κ1) is 14.5. The molecule has 0 spiro atoms. The van der Waals surface area contributed by atoms with E-state index in [1.54, 1.807) is 0 Å². The summed E-state index contributed by atoms with van der Waals surface area (Å²) >= 11 is 6.85. The molecule has 21 heavy (non-hydrogen) atoms.